The van der Waals surface area contributed by atoms with E-state index in [0.717, 1.165) is 0 Å². The van der Waals surface area contributed by atoms with E-state index in [-0.39, 0.29) is 17.9 Å². The van der Waals surface area contributed by atoms with Crippen LogP contribution in [0, 0.1) is 0 Å². The Morgan fingerprint density at radius 3 is 2.88 bits per heavy atom. The third kappa shape index (κ3) is 3.23. The highest BCUT2D eigenvalue weighted by molar-refractivity contribution is 5.92. The lowest BCUT2D eigenvalue weighted by Gasteiger charge is -2.07. The third-order valence-corrected chi connectivity index (χ3v) is 1.63. The number of carboxylic acid groups (broad SMARTS) is 1. The van der Waals surface area contributed by atoms with Gasteiger partial charge >= 0.3 is 11.9 Å². The van der Waals surface area contributed by atoms with Gasteiger partial charge in [0.1, 0.15) is 5.56 Å². The van der Waals surface area contributed by atoms with Crippen LogP contribution in [0.2, 0.25) is 0 Å². The third-order valence-electron chi connectivity index (χ3n) is 1.63. The second-order valence-corrected chi connectivity index (χ2v) is 2.77. The van der Waals surface area contributed by atoms with E-state index in [1.54, 1.807) is 6.92 Å². The fourth-order valence-corrected chi connectivity index (χ4v) is 1.01. The van der Waals surface area contributed by atoms with Crippen molar-refractivity contribution in [1.29, 1.82) is 0 Å². The molecule has 0 spiro atoms. The number of carbonyl (C=O) groups is 2. The van der Waals surface area contributed by atoms with Crippen molar-refractivity contribution in [3.8, 4) is 5.75 Å². The van der Waals surface area contributed by atoms with E-state index >= 15 is 0 Å². The molecule has 6 nitrogen and oxygen atoms in total. The maximum Gasteiger partial charge on any atom is 0.342 e. The molecule has 86 valence electrons. The standard InChI is InChI=1S/C10H11NO5/c1-2-15-10(14)7-3-4-11-5-8(7)16-6-9(12)13/h3-5H,2,6H2,1H3,(H,12,13). The molecule has 0 saturated carbocycles. The smallest absolute Gasteiger partial charge is 0.342 e. The predicted octanol–water partition coefficient (Wildman–Crippen LogP) is 0.722. The highest BCUT2D eigenvalue weighted by atomic mass is 16.5. The molecular weight excluding hydrogens is 214 g/mol. The van der Waals surface area contributed by atoms with Crippen molar-refractivity contribution >= 4 is 11.9 Å². The Morgan fingerprint density at radius 1 is 1.50 bits per heavy atom. The summed E-state index contributed by atoms with van der Waals surface area (Å²) in [4.78, 5) is 25.5. The molecule has 0 bridgehead atoms. The number of aliphatic carboxylic acids is 1. The number of hydrogen-bond acceptors (Lipinski definition) is 5. The van der Waals surface area contributed by atoms with Crippen molar-refractivity contribution in [2.75, 3.05) is 13.2 Å². The van der Waals surface area contributed by atoms with E-state index in [2.05, 4.69) is 4.98 Å². The Balaban J connectivity index is 2.82. The molecule has 0 aliphatic heterocycles. The van der Waals surface area contributed by atoms with Gasteiger partial charge in [-0.05, 0) is 13.0 Å². The second-order valence-electron chi connectivity index (χ2n) is 2.77. The first-order valence-electron chi connectivity index (χ1n) is 4.61. The van der Waals surface area contributed by atoms with Crippen LogP contribution in [-0.2, 0) is 9.53 Å². The Hall–Kier alpha value is -2.11. The summed E-state index contributed by atoms with van der Waals surface area (Å²) < 4.78 is 9.68. The van der Waals surface area contributed by atoms with E-state index in [4.69, 9.17) is 14.6 Å². The van der Waals surface area contributed by atoms with Crippen LogP contribution in [0.5, 0.6) is 5.75 Å². The average Bonchev–Trinajstić information content (AvgIpc) is 2.27. The SMILES string of the molecule is CCOC(=O)c1ccncc1OCC(=O)O. The summed E-state index contributed by atoms with van der Waals surface area (Å²) in [5.74, 6) is -1.59. The number of aromatic nitrogens is 1. The summed E-state index contributed by atoms with van der Waals surface area (Å²) in [5.41, 5.74) is 0.165. The highest BCUT2D eigenvalue weighted by Gasteiger charge is 2.14. The van der Waals surface area contributed by atoms with Crippen LogP contribution in [0.25, 0.3) is 0 Å². The molecular formula is C10H11NO5. The first-order chi connectivity index (χ1) is 7.65. The lowest BCUT2D eigenvalue weighted by Crippen LogP contribution is -2.13. The molecule has 1 N–H and O–H groups in total. The van der Waals surface area contributed by atoms with E-state index in [1.165, 1.54) is 18.5 Å². The number of esters is 1. The number of nitrogens with zero attached hydrogens (tertiary/aromatic N) is 1. The van der Waals surface area contributed by atoms with Gasteiger partial charge in [0.2, 0.25) is 0 Å². The summed E-state index contributed by atoms with van der Waals surface area (Å²) in [7, 11) is 0. The topological polar surface area (TPSA) is 85.7 Å². The van der Waals surface area contributed by atoms with Crippen molar-refractivity contribution in [2.45, 2.75) is 6.92 Å². The van der Waals surface area contributed by atoms with Crippen molar-refractivity contribution < 1.29 is 24.2 Å². The van der Waals surface area contributed by atoms with Gasteiger partial charge in [0.15, 0.2) is 12.4 Å². The molecule has 1 rings (SSSR count). The van der Waals surface area contributed by atoms with Crippen molar-refractivity contribution in [3.63, 3.8) is 0 Å². The minimum atomic E-state index is -1.13. The molecule has 0 radical (unpaired) electrons. The summed E-state index contributed by atoms with van der Waals surface area (Å²) in [6, 6.07) is 1.41. The fourth-order valence-electron chi connectivity index (χ4n) is 1.01. The predicted molar refractivity (Wildman–Crippen MR) is 53.3 cm³/mol. The van der Waals surface area contributed by atoms with Gasteiger partial charge in [-0.3, -0.25) is 4.98 Å². The van der Waals surface area contributed by atoms with Crippen molar-refractivity contribution in [3.05, 3.63) is 24.0 Å². The molecule has 0 aromatic carbocycles. The van der Waals surface area contributed by atoms with Gasteiger partial charge in [0.25, 0.3) is 0 Å². The minimum Gasteiger partial charge on any atom is -0.479 e. The molecule has 0 aliphatic carbocycles. The Bertz CT molecular complexity index is 391. The first kappa shape index (κ1) is 12.0. The number of pyridine rings is 1. The summed E-state index contributed by atoms with van der Waals surface area (Å²) in [6.45, 7) is 1.38. The Kier molecular flexibility index (Phi) is 4.26. The minimum absolute atomic E-state index is 0.100. The number of carbonyl (C=O) groups excluding carboxylic acids is 1. The molecule has 0 fully saturated rings. The van der Waals surface area contributed by atoms with E-state index in [9.17, 15) is 9.59 Å². The average molecular weight is 225 g/mol. The zero-order chi connectivity index (χ0) is 12.0. The lowest BCUT2D eigenvalue weighted by molar-refractivity contribution is -0.139. The van der Waals surface area contributed by atoms with Gasteiger partial charge in [0, 0.05) is 6.20 Å². The molecule has 1 aromatic heterocycles. The number of carboxylic acids is 1. The summed E-state index contributed by atoms with van der Waals surface area (Å²) in [6.07, 6.45) is 2.68. The normalized spacial score (nSPS) is 9.56. The van der Waals surface area contributed by atoms with Crippen LogP contribution in [0.1, 0.15) is 17.3 Å². The zero-order valence-electron chi connectivity index (χ0n) is 8.67. The molecule has 0 amide bonds. The molecule has 0 atom stereocenters. The summed E-state index contributed by atoms with van der Waals surface area (Å²) >= 11 is 0. The number of hydrogen-bond donors (Lipinski definition) is 1. The lowest BCUT2D eigenvalue weighted by atomic mass is 10.2. The van der Waals surface area contributed by atoms with Gasteiger partial charge < -0.3 is 14.6 Å². The maximum atomic E-state index is 11.4. The van der Waals surface area contributed by atoms with Crippen molar-refractivity contribution in [2.24, 2.45) is 0 Å². The second kappa shape index (κ2) is 5.69. The molecule has 1 heterocycles. The largest absolute Gasteiger partial charge is 0.479 e. The molecule has 6 heteroatoms. The zero-order valence-corrected chi connectivity index (χ0v) is 8.67. The van der Waals surface area contributed by atoms with Gasteiger partial charge in [-0.25, -0.2) is 9.59 Å². The molecule has 1 aromatic rings. The van der Waals surface area contributed by atoms with Crippen LogP contribution in [0.15, 0.2) is 18.5 Å². The fraction of sp³-hybridized carbons (Fsp3) is 0.300. The Morgan fingerprint density at radius 2 is 2.25 bits per heavy atom. The molecule has 16 heavy (non-hydrogen) atoms. The van der Waals surface area contributed by atoms with E-state index < -0.39 is 18.5 Å². The molecule has 0 aliphatic rings. The van der Waals surface area contributed by atoms with Crippen molar-refractivity contribution in [1.82, 2.24) is 4.98 Å². The van der Waals surface area contributed by atoms with E-state index in [0.29, 0.717) is 0 Å². The molecule has 0 saturated heterocycles. The van der Waals surface area contributed by atoms with E-state index in [1.807, 2.05) is 0 Å². The van der Waals surface area contributed by atoms with Gasteiger partial charge in [-0.1, -0.05) is 0 Å². The van der Waals surface area contributed by atoms with Crippen LogP contribution >= 0.6 is 0 Å². The van der Waals surface area contributed by atoms with Gasteiger partial charge in [-0.15, -0.1) is 0 Å². The number of ether oxygens (including phenoxy) is 2. The van der Waals surface area contributed by atoms with Crippen LogP contribution in [0.3, 0.4) is 0 Å². The maximum absolute atomic E-state index is 11.4. The summed E-state index contributed by atoms with van der Waals surface area (Å²) in [5, 5.41) is 8.45. The number of rotatable bonds is 5. The highest BCUT2D eigenvalue weighted by Crippen LogP contribution is 2.17. The van der Waals surface area contributed by atoms with Crippen LogP contribution in [0.4, 0.5) is 0 Å². The van der Waals surface area contributed by atoms with Gasteiger partial charge in [-0.2, -0.15) is 0 Å². The Labute approximate surface area is 91.8 Å². The van der Waals surface area contributed by atoms with Gasteiger partial charge in [0.05, 0.1) is 12.8 Å². The monoisotopic (exact) mass is 225 g/mol. The van der Waals surface area contributed by atoms with Crippen LogP contribution < -0.4 is 4.74 Å². The first-order valence-corrected chi connectivity index (χ1v) is 4.61. The molecule has 0 unspecified atom stereocenters. The quantitative estimate of drug-likeness (QED) is 0.743. The van der Waals surface area contributed by atoms with Crippen LogP contribution in [-0.4, -0.2) is 35.2 Å².